The standard InChI is InChI=1S/C19H16Cl2N4O5/c1-10-5-13-14(6-11(10)2)23(19(30)24(18(13)29)9-17(27)28)8-16(26)25(21)12-3-4-22-15(20)7-12/h3-7H,8-9H2,1-2H3,(H,27,28). The number of amides is 1. The molecule has 3 aromatic rings. The molecule has 156 valence electrons. The number of benzene rings is 1. The Morgan fingerprint density at radius 1 is 1.10 bits per heavy atom. The summed E-state index contributed by atoms with van der Waals surface area (Å²) < 4.78 is 2.39. The van der Waals surface area contributed by atoms with E-state index in [1.54, 1.807) is 26.0 Å². The van der Waals surface area contributed by atoms with Crippen molar-refractivity contribution in [3.63, 3.8) is 0 Å². The minimum absolute atomic E-state index is 0.120. The number of carbonyl (C=O) groups is 2. The van der Waals surface area contributed by atoms with Gasteiger partial charge in [-0.3, -0.25) is 19.0 Å². The lowest BCUT2D eigenvalue weighted by atomic mass is 10.1. The molecular formula is C19H16Cl2N4O5. The summed E-state index contributed by atoms with van der Waals surface area (Å²) in [5.41, 5.74) is 0.355. The van der Waals surface area contributed by atoms with Gasteiger partial charge in [-0.2, -0.15) is 0 Å². The number of nitrogens with zero attached hydrogens (tertiary/aromatic N) is 4. The maximum absolute atomic E-state index is 12.9. The van der Waals surface area contributed by atoms with Crippen molar-refractivity contribution in [3.05, 3.63) is 67.6 Å². The predicted octanol–water partition coefficient (Wildman–Crippen LogP) is 2.10. The molecule has 2 heterocycles. The summed E-state index contributed by atoms with van der Waals surface area (Å²) in [6.07, 6.45) is 1.36. The molecule has 3 rings (SSSR count). The van der Waals surface area contributed by atoms with E-state index < -0.39 is 36.2 Å². The van der Waals surface area contributed by atoms with Crippen LogP contribution in [-0.2, 0) is 22.7 Å². The Bertz CT molecular complexity index is 1300. The van der Waals surface area contributed by atoms with Gasteiger partial charge in [-0.25, -0.2) is 18.8 Å². The van der Waals surface area contributed by atoms with E-state index in [4.69, 9.17) is 28.5 Å². The number of carbonyl (C=O) groups excluding carboxylic acids is 1. The van der Waals surface area contributed by atoms with Crippen molar-refractivity contribution < 1.29 is 14.7 Å². The Labute approximate surface area is 179 Å². The number of carboxylic acid groups (broad SMARTS) is 1. The van der Waals surface area contributed by atoms with E-state index in [-0.39, 0.29) is 21.7 Å². The van der Waals surface area contributed by atoms with Crippen LogP contribution in [0.3, 0.4) is 0 Å². The van der Waals surface area contributed by atoms with Crippen molar-refractivity contribution >= 4 is 51.8 Å². The number of aromatic nitrogens is 3. The van der Waals surface area contributed by atoms with E-state index in [9.17, 15) is 19.2 Å². The Hall–Kier alpha value is -3.17. The number of hydrogen-bond donors (Lipinski definition) is 1. The fourth-order valence-electron chi connectivity index (χ4n) is 2.96. The predicted molar refractivity (Wildman–Crippen MR) is 112 cm³/mol. The van der Waals surface area contributed by atoms with Gasteiger partial charge in [-0.1, -0.05) is 11.6 Å². The molecule has 1 N–H and O–H groups in total. The topological polar surface area (TPSA) is 114 Å². The molecule has 1 aromatic carbocycles. The number of rotatable bonds is 5. The second-order valence-corrected chi connectivity index (χ2v) is 7.34. The Kier molecular flexibility index (Phi) is 5.95. The highest BCUT2D eigenvalue weighted by molar-refractivity contribution is 6.37. The molecule has 0 aliphatic heterocycles. The molecule has 2 aromatic heterocycles. The number of halogens is 2. The second-order valence-electron chi connectivity index (χ2n) is 6.62. The van der Waals surface area contributed by atoms with Crippen LogP contribution in [0.4, 0.5) is 5.69 Å². The summed E-state index contributed by atoms with van der Waals surface area (Å²) in [5, 5.41) is 9.34. The molecule has 0 radical (unpaired) electrons. The molecule has 30 heavy (non-hydrogen) atoms. The highest BCUT2D eigenvalue weighted by Crippen LogP contribution is 2.21. The van der Waals surface area contributed by atoms with Crippen molar-refractivity contribution in [1.82, 2.24) is 14.1 Å². The first-order valence-electron chi connectivity index (χ1n) is 8.67. The highest BCUT2D eigenvalue weighted by Gasteiger charge is 2.21. The zero-order valence-corrected chi connectivity index (χ0v) is 17.4. The largest absolute Gasteiger partial charge is 0.480 e. The number of carboxylic acids is 1. The summed E-state index contributed by atoms with van der Waals surface area (Å²) in [6, 6.07) is 5.99. The third-order valence-electron chi connectivity index (χ3n) is 4.58. The molecule has 0 bridgehead atoms. The Morgan fingerprint density at radius 2 is 1.77 bits per heavy atom. The van der Waals surface area contributed by atoms with Crippen LogP contribution in [0.25, 0.3) is 10.9 Å². The van der Waals surface area contributed by atoms with Crippen molar-refractivity contribution in [1.29, 1.82) is 0 Å². The lowest BCUT2D eigenvalue weighted by molar-refractivity contribution is -0.137. The Morgan fingerprint density at radius 3 is 2.40 bits per heavy atom. The van der Waals surface area contributed by atoms with Crippen LogP contribution in [0.5, 0.6) is 0 Å². The maximum atomic E-state index is 12.9. The van der Waals surface area contributed by atoms with Gasteiger partial charge in [0.05, 0.1) is 16.6 Å². The van der Waals surface area contributed by atoms with E-state index in [1.807, 2.05) is 0 Å². The van der Waals surface area contributed by atoms with Gasteiger partial charge in [0.25, 0.3) is 11.5 Å². The first-order valence-corrected chi connectivity index (χ1v) is 9.38. The van der Waals surface area contributed by atoms with Crippen LogP contribution in [0.15, 0.2) is 40.1 Å². The molecular weight excluding hydrogens is 435 g/mol. The first kappa shape index (κ1) is 21.5. The van der Waals surface area contributed by atoms with E-state index in [2.05, 4.69) is 4.98 Å². The quantitative estimate of drug-likeness (QED) is 0.470. The van der Waals surface area contributed by atoms with Crippen LogP contribution in [0.2, 0.25) is 5.15 Å². The van der Waals surface area contributed by atoms with Crippen LogP contribution in [-0.4, -0.2) is 31.1 Å². The SMILES string of the molecule is Cc1cc2c(=O)n(CC(=O)O)c(=O)n(CC(=O)N(Cl)c3ccnc(Cl)c3)c2cc1C. The molecule has 0 spiro atoms. The molecule has 11 heteroatoms. The van der Waals surface area contributed by atoms with Gasteiger partial charge in [-0.05, 0) is 43.2 Å². The number of pyridine rings is 1. The molecule has 0 aliphatic rings. The van der Waals surface area contributed by atoms with Crippen molar-refractivity contribution in [2.45, 2.75) is 26.9 Å². The second kappa shape index (κ2) is 8.29. The van der Waals surface area contributed by atoms with Gasteiger partial charge in [0.15, 0.2) is 0 Å². The van der Waals surface area contributed by atoms with Crippen LogP contribution < -0.4 is 15.7 Å². The highest BCUT2D eigenvalue weighted by atomic mass is 35.5. The van der Waals surface area contributed by atoms with Crippen LogP contribution >= 0.6 is 23.4 Å². The van der Waals surface area contributed by atoms with Gasteiger partial charge in [-0.15, -0.1) is 0 Å². The summed E-state index contributed by atoms with van der Waals surface area (Å²) in [4.78, 5) is 53.4. The van der Waals surface area contributed by atoms with Gasteiger partial charge in [0.1, 0.15) is 18.2 Å². The molecule has 9 nitrogen and oxygen atoms in total. The number of anilines is 1. The smallest absolute Gasteiger partial charge is 0.332 e. The first-order chi connectivity index (χ1) is 14.1. The van der Waals surface area contributed by atoms with E-state index in [1.165, 1.54) is 18.3 Å². The van der Waals surface area contributed by atoms with Gasteiger partial charge >= 0.3 is 11.7 Å². The molecule has 0 aliphatic carbocycles. The van der Waals surface area contributed by atoms with Crippen LogP contribution in [0.1, 0.15) is 11.1 Å². The van der Waals surface area contributed by atoms with Crippen molar-refractivity contribution in [2.24, 2.45) is 0 Å². The van der Waals surface area contributed by atoms with Gasteiger partial charge < -0.3 is 5.11 Å². The molecule has 0 saturated heterocycles. The van der Waals surface area contributed by atoms with E-state index in [0.717, 1.165) is 20.1 Å². The third kappa shape index (κ3) is 4.07. The zero-order chi connectivity index (χ0) is 22.2. The molecule has 1 amide bonds. The maximum Gasteiger partial charge on any atom is 0.332 e. The molecule has 0 unspecified atom stereocenters. The van der Waals surface area contributed by atoms with E-state index in [0.29, 0.717) is 4.57 Å². The van der Waals surface area contributed by atoms with Crippen LogP contribution in [0, 0.1) is 13.8 Å². The van der Waals surface area contributed by atoms with Crippen molar-refractivity contribution in [2.75, 3.05) is 4.42 Å². The molecule has 0 atom stereocenters. The zero-order valence-electron chi connectivity index (χ0n) is 15.9. The minimum Gasteiger partial charge on any atom is -0.480 e. The summed E-state index contributed by atoms with van der Waals surface area (Å²) >= 11 is 11.9. The molecule has 0 saturated carbocycles. The fourth-order valence-corrected chi connectivity index (χ4v) is 3.29. The number of hydrogen-bond acceptors (Lipinski definition) is 5. The lowest BCUT2D eigenvalue weighted by Crippen LogP contribution is -2.43. The van der Waals surface area contributed by atoms with Crippen molar-refractivity contribution in [3.8, 4) is 0 Å². The Balaban J connectivity index is 2.17. The number of aliphatic carboxylic acids is 1. The third-order valence-corrected chi connectivity index (χ3v) is 5.17. The normalized spacial score (nSPS) is 10.9. The lowest BCUT2D eigenvalue weighted by Gasteiger charge is -2.18. The summed E-state index contributed by atoms with van der Waals surface area (Å²) in [5.74, 6) is -2.05. The monoisotopic (exact) mass is 450 g/mol. The number of fused-ring (bicyclic) bond motifs is 1. The summed E-state index contributed by atoms with van der Waals surface area (Å²) in [7, 11) is 0. The fraction of sp³-hybridized carbons (Fsp3) is 0.211. The average molecular weight is 451 g/mol. The minimum atomic E-state index is -1.36. The summed E-state index contributed by atoms with van der Waals surface area (Å²) in [6.45, 7) is 2.21. The van der Waals surface area contributed by atoms with Gasteiger partial charge in [0.2, 0.25) is 0 Å². The average Bonchev–Trinajstić information content (AvgIpc) is 2.69. The number of aryl methyl sites for hydroxylation is 2. The van der Waals surface area contributed by atoms with E-state index >= 15 is 0 Å². The van der Waals surface area contributed by atoms with Gasteiger partial charge in [0, 0.05) is 24.0 Å². The molecule has 0 fully saturated rings.